The van der Waals surface area contributed by atoms with E-state index in [-0.39, 0.29) is 12.2 Å². The van der Waals surface area contributed by atoms with Gasteiger partial charge in [0, 0.05) is 16.2 Å². The molecule has 1 heterocycles. The molecule has 15 heavy (non-hydrogen) atoms. The summed E-state index contributed by atoms with van der Waals surface area (Å²) >= 11 is 3.16. The average Bonchev–Trinajstić information content (AvgIpc) is 2.17. The molecule has 0 fully saturated rings. The van der Waals surface area contributed by atoms with Gasteiger partial charge in [0.25, 0.3) is 0 Å². The maximum Gasteiger partial charge on any atom is 0.313 e. The van der Waals surface area contributed by atoms with Gasteiger partial charge >= 0.3 is 5.97 Å². The molecule has 5 heteroatoms. The fourth-order valence-electron chi connectivity index (χ4n) is 1.22. The molecule has 1 rings (SSSR count). The zero-order valence-electron chi connectivity index (χ0n) is 8.46. The standard InChI is InChI=1S/C10H11BrFNO2/c1-3-15-10(14)6(2)9-7(11)4-13-5-8(9)12/h4-6H,3H2,1-2H3. The van der Waals surface area contributed by atoms with Crippen LogP contribution in [0.4, 0.5) is 4.39 Å². The lowest BCUT2D eigenvalue weighted by Crippen LogP contribution is -2.15. The number of rotatable bonds is 3. The number of hydrogen-bond acceptors (Lipinski definition) is 3. The van der Waals surface area contributed by atoms with Crippen LogP contribution in [0.1, 0.15) is 25.3 Å². The first-order valence-electron chi connectivity index (χ1n) is 4.53. The van der Waals surface area contributed by atoms with Crippen LogP contribution in [0.3, 0.4) is 0 Å². The largest absolute Gasteiger partial charge is 0.466 e. The lowest BCUT2D eigenvalue weighted by atomic mass is 10.0. The molecule has 0 aromatic carbocycles. The van der Waals surface area contributed by atoms with Gasteiger partial charge in [0.05, 0.1) is 18.7 Å². The van der Waals surface area contributed by atoms with E-state index in [0.717, 1.165) is 6.20 Å². The van der Waals surface area contributed by atoms with Crippen LogP contribution in [-0.4, -0.2) is 17.6 Å². The average molecular weight is 276 g/mol. The maximum atomic E-state index is 13.4. The Morgan fingerprint density at radius 1 is 1.67 bits per heavy atom. The third-order valence-electron chi connectivity index (χ3n) is 1.96. The quantitative estimate of drug-likeness (QED) is 0.797. The summed E-state index contributed by atoms with van der Waals surface area (Å²) in [5.41, 5.74) is 0.281. The Balaban J connectivity index is 3.00. The SMILES string of the molecule is CCOC(=O)C(C)c1c(F)cncc1Br. The second-order valence-corrected chi connectivity index (χ2v) is 3.84. The number of carbonyl (C=O) groups is 1. The van der Waals surface area contributed by atoms with Gasteiger partial charge in [-0.15, -0.1) is 0 Å². The van der Waals surface area contributed by atoms with E-state index in [2.05, 4.69) is 20.9 Å². The molecular weight excluding hydrogens is 265 g/mol. The Bertz CT molecular complexity index is 350. The third kappa shape index (κ3) is 2.75. The Hall–Kier alpha value is -0.970. The second kappa shape index (κ2) is 5.21. The van der Waals surface area contributed by atoms with E-state index in [4.69, 9.17) is 4.74 Å². The van der Waals surface area contributed by atoms with E-state index >= 15 is 0 Å². The number of nitrogens with zero attached hydrogens (tertiary/aromatic N) is 1. The summed E-state index contributed by atoms with van der Waals surface area (Å²) in [6, 6.07) is 0. The molecule has 1 unspecified atom stereocenters. The monoisotopic (exact) mass is 275 g/mol. The number of ether oxygens (including phenoxy) is 1. The molecule has 3 nitrogen and oxygen atoms in total. The van der Waals surface area contributed by atoms with Crippen molar-refractivity contribution in [3.63, 3.8) is 0 Å². The lowest BCUT2D eigenvalue weighted by Gasteiger charge is -2.12. The smallest absolute Gasteiger partial charge is 0.313 e. The number of esters is 1. The van der Waals surface area contributed by atoms with Crippen LogP contribution in [0.2, 0.25) is 0 Å². The van der Waals surface area contributed by atoms with Crippen molar-refractivity contribution in [1.82, 2.24) is 4.98 Å². The third-order valence-corrected chi connectivity index (χ3v) is 2.60. The van der Waals surface area contributed by atoms with Crippen molar-refractivity contribution in [1.29, 1.82) is 0 Å². The Labute approximate surface area is 95.8 Å². The summed E-state index contributed by atoms with van der Waals surface area (Å²) in [5, 5.41) is 0. The minimum absolute atomic E-state index is 0.281. The molecule has 0 aliphatic rings. The molecule has 1 atom stereocenters. The van der Waals surface area contributed by atoms with Crippen molar-refractivity contribution < 1.29 is 13.9 Å². The predicted octanol–water partition coefficient (Wildman–Crippen LogP) is 2.65. The van der Waals surface area contributed by atoms with Crippen molar-refractivity contribution in [2.45, 2.75) is 19.8 Å². The van der Waals surface area contributed by atoms with Crippen molar-refractivity contribution >= 4 is 21.9 Å². The van der Waals surface area contributed by atoms with E-state index in [1.807, 2.05) is 0 Å². The van der Waals surface area contributed by atoms with Gasteiger partial charge in [0.1, 0.15) is 5.82 Å². The van der Waals surface area contributed by atoms with E-state index in [1.54, 1.807) is 13.8 Å². The van der Waals surface area contributed by atoms with E-state index in [0.29, 0.717) is 4.47 Å². The van der Waals surface area contributed by atoms with Crippen molar-refractivity contribution in [3.8, 4) is 0 Å². The lowest BCUT2D eigenvalue weighted by molar-refractivity contribution is -0.144. The minimum atomic E-state index is -0.637. The number of carbonyl (C=O) groups excluding carboxylic acids is 1. The van der Waals surface area contributed by atoms with Crippen molar-refractivity contribution in [2.24, 2.45) is 0 Å². The Morgan fingerprint density at radius 2 is 2.33 bits per heavy atom. The van der Waals surface area contributed by atoms with Crippen LogP contribution in [0, 0.1) is 5.82 Å². The van der Waals surface area contributed by atoms with E-state index < -0.39 is 17.7 Å². The summed E-state index contributed by atoms with van der Waals surface area (Å²) in [5.74, 6) is -1.59. The van der Waals surface area contributed by atoms with Crippen molar-refractivity contribution in [3.05, 3.63) is 28.2 Å². The number of aromatic nitrogens is 1. The normalized spacial score (nSPS) is 12.3. The molecule has 0 radical (unpaired) electrons. The molecule has 0 N–H and O–H groups in total. The van der Waals surface area contributed by atoms with Gasteiger partial charge in [0.2, 0.25) is 0 Å². The zero-order chi connectivity index (χ0) is 11.4. The summed E-state index contributed by atoms with van der Waals surface area (Å²) < 4.78 is 18.7. The van der Waals surface area contributed by atoms with Gasteiger partial charge in [-0.3, -0.25) is 9.78 Å². The van der Waals surface area contributed by atoms with Crippen LogP contribution >= 0.6 is 15.9 Å². The molecule has 1 aromatic rings. The highest BCUT2D eigenvalue weighted by Gasteiger charge is 2.22. The Kier molecular flexibility index (Phi) is 4.20. The number of hydrogen-bond donors (Lipinski definition) is 0. The van der Waals surface area contributed by atoms with Gasteiger partial charge in [-0.25, -0.2) is 4.39 Å². The first kappa shape index (κ1) is 12.1. The van der Waals surface area contributed by atoms with Gasteiger partial charge < -0.3 is 4.74 Å². The highest BCUT2D eigenvalue weighted by Crippen LogP contribution is 2.27. The fourth-order valence-corrected chi connectivity index (χ4v) is 1.87. The maximum absolute atomic E-state index is 13.4. The molecule has 0 aliphatic carbocycles. The predicted molar refractivity (Wildman–Crippen MR) is 56.9 cm³/mol. The summed E-state index contributed by atoms with van der Waals surface area (Å²) in [7, 11) is 0. The molecule has 0 saturated heterocycles. The first-order chi connectivity index (χ1) is 7.07. The molecule has 0 saturated carbocycles. The summed E-state index contributed by atoms with van der Waals surface area (Å²) in [6.07, 6.45) is 2.53. The molecule has 0 spiro atoms. The van der Waals surface area contributed by atoms with Gasteiger partial charge in [0.15, 0.2) is 0 Å². The molecule has 0 bridgehead atoms. The van der Waals surface area contributed by atoms with Crippen LogP contribution < -0.4 is 0 Å². The van der Waals surface area contributed by atoms with Crippen LogP contribution in [0.5, 0.6) is 0 Å². The zero-order valence-corrected chi connectivity index (χ0v) is 10.0. The highest BCUT2D eigenvalue weighted by molar-refractivity contribution is 9.10. The molecular formula is C10H11BrFNO2. The second-order valence-electron chi connectivity index (χ2n) is 2.99. The van der Waals surface area contributed by atoms with Crippen LogP contribution in [-0.2, 0) is 9.53 Å². The van der Waals surface area contributed by atoms with Gasteiger partial charge in [-0.1, -0.05) is 0 Å². The number of pyridine rings is 1. The van der Waals surface area contributed by atoms with Gasteiger partial charge in [-0.05, 0) is 29.8 Å². The van der Waals surface area contributed by atoms with E-state index in [9.17, 15) is 9.18 Å². The fraction of sp³-hybridized carbons (Fsp3) is 0.400. The topological polar surface area (TPSA) is 39.2 Å². The summed E-state index contributed by atoms with van der Waals surface area (Å²) in [4.78, 5) is 15.1. The van der Waals surface area contributed by atoms with Crippen LogP contribution in [0.15, 0.2) is 16.9 Å². The molecule has 82 valence electrons. The minimum Gasteiger partial charge on any atom is -0.466 e. The number of halogens is 2. The first-order valence-corrected chi connectivity index (χ1v) is 5.32. The molecule has 0 amide bonds. The Morgan fingerprint density at radius 3 is 2.87 bits per heavy atom. The summed E-state index contributed by atoms with van der Waals surface area (Å²) in [6.45, 7) is 3.59. The van der Waals surface area contributed by atoms with E-state index in [1.165, 1.54) is 6.20 Å². The van der Waals surface area contributed by atoms with Gasteiger partial charge in [-0.2, -0.15) is 0 Å². The highest BCUT2D eigenvalue weighted by atomic mass is 79.9. The molecule has 0 aliphatic heterocycles. The molecule has 1 aromatic heterocycles. The van der Waals surface area contributed by atoms with Crippen LogP contribution in [0.25, 0.3) is 0 Å². The van der Waals surface area contributed by atoms with Crippen molar-refractivity contribution in [2.75, 3.05) is 6.61 Å².